The molecule has 0 saturated carbocycles. The van der Waals surface area contributed by atoms with E-state index >= 15 is 0 Å². The first-order valence-corrected chi connectivity index (χ1v) is 7.23. The minimum Gasteiger partial charge on any atom is -0.372 e. The van der Waals surface area contributed by atoms with Crippen LogP contribution in [0.1, 0.15) is 34.7 Å². The van der Waals surface area contributed by atoms with E-state index in [1.165, 1.54) is 22.3 Å². The van der Waals surface area contributed by atoms with Crippen LogP contribution < -0.4 is 5.73 Å². The molecule has 0 aliphatic carbocycles. The molecular formula is C15H17NOS. The van der Waals surface area contributed by atoms with Crippen molar-refractivity contribution in [1.29, 1.82) is 0 Å². The molecule has 1 aliphatic heterocycles. The van der Waals surface area contributed by atoms with Gasteiger partial charge in [-0.1, -0.05) is 18.2 Å². The first-order chi connectivity index (χ1) is 8.83. The first-order valence-electron chi connectivity index (χ1n) is 6.29. The van der Waals surface area contributed by atoms with Gasteiger partial charge in [0.05, 0.1) is 13.2 Å². The number of ether oxygens (including phenoxy) is 1. The number of fused-ring (bicyclic) bond motifs is 1. The van der Waals surface area contributed by atoms with Crippen molar-refractivity contribution in [3.63, 3.8) is 0 Å². The second-order valence-electron chi connectivity index (χ2n) is 4.80. The molecule has 1 atom stereocenters. The fraction of sp³-hybridized carbons (Fsp3) is 0.333. The Morgan fingerprint density at radius 1 is 1.22 bits per heavy atom. The van der Waals surface area contributed by atoms with Gasteiger partial charge in [0.15, 0.2) is 0 Å². The maximum absolute atomic E-state index is 6.27. The van der Waals surface area contributed by atoms with Gasteiger partial charge in [0.1, 0.15) is 0 Å². The Bertz CT molecular complexity index is 521. The highest BCUT2D eigenvalue weighted by Gasteiger charge is 2.14. The fourth-order valence-corrected chi connectivity index (χ4v) is 3.05. The molecule has 0 bridgehead atoms. The Morgan fingerprint density at radius 3 is 2.94 bits per heavy atom. The van der Waals surface area contributed by atoms with Gasteiger partial charge >= 0.3 is 0 Å². The number of rotatable bonds is 4. The van der Waals surface area contributed by atoms with Crippen molar-refractivity contribution in [3.05, 3.63) is 57.3 Å². The molecule has 1 aromatic heterocycles. The maximum atomic E-state index is 6.27. The van der Waals surface area contributed by atoms with Gasteiger partial charge in [-0.2, -0.15) is 11.3 Å². The lowest BCUT2D eigenvalue weighted by atomic mass is 9.97. The second kappa shape index (κ2) is 5.22. The molecule has 0 spiro atoms. The Morgan fingerprint density at radius 2 is 2.11 bits per heavy atom. The summed E-state index contributed by atoms with van der Waals surface area (Å²) in [6, 6.07) is 8.80. The standard InChI is InChI=1S/C15H17NOS/c16-15(4-1-11-5-6-18-10-11)12-2-3-13-8-17-9-14(13)7-12/h2-3,5-7,10,15H,1,4,8-9,16H2. The number of hydrogen-bond donors (Lipinski definition) is 1. The molecule has 18 heavy (non-hydrogen) atoms. The molecule has 2 nitrogen and oxygen atoms in total. The molecule has 0 radical (unpaired) electrons. The summed E-state index contributed by atoms with van der Waals surface area (Å²) in [6.45, 7) is 1.49. The molecule has 2 N–H and O–H groups in total. The van der Waals surface area contributed by atoms with Crippen LogP contribution in [0.25, 0.3) is 0 Å². The van der Waals surface area contributed by atoms with Crippen LogP contribution >= 0.6 is 11.3 Å². The van der Waals surface area contributed by atoms with Crippen LogP contribution in [0, 0.1) is 0 Å². The molecular weight excluding hydrogens is 242 g/mol. The predicted molar refractivity (Wildman–Crippen MR) is 74.5 cm³/mol. The highest BCUT2D eigenvalue weighted by molar-refractivity contribution is 7.07. The van der Waals surface area contributed by atoms with Crippen LogP contribution in [-0.2, 0) is 24.4 Å². The quantitative estimate of drug-likeness (QED) is 0.913. The number of hydrogen-bond acceptors (Lipinski definition) is 3. The van der Waals surface area contributed by atoms with Gasteiger partial charge in [-0.3, -0.25) is 0 Å². The Kier molecular flexibility index (Phi) is 3.46. The lowest BCUT2D eigenvalue weighted by Gasteiger charge is -2.12. The smallest absolute Gasteiger partial charge is 0.0725 e. The Balaban J connectivity index is 1.67. The van der Waals surface area contributed by atoms with Gasteiger partial charge in [0.2, 0.25) is 0 Å². The van der Waals surface area contributed by atoms with E-state index in [2.05, 4.69) is 35.0 Å². The van der Waals surface area contributed by atoms with E-state index in [-0.39, 0.29) is 6.04 Å². The minimum atomic E-state index is 0.121. The molecule has 2 heterocycles. The molecule has 0 fully saturated rings. The third-order valence-corrected chi connectivity index (χ3v) is 4.23. The van der Waals surface area contributed by atoms with Crippen molar-refractivity contribution >= 4 is 11.3 Å². The van der Waals surface area contributed by atoms with Crippen LogP contribution in [-0.4, -0.2) is 0 Å². The topological polar surface area (TPSA) is 35.2 Å². The van der Waals surface area contributed by atoms with E-state index in [0.29, 0.717) is 0 Å². The summed E-state index contributed by atoms with van der Waals surface area (Å²) in [7, 11) is 0. The van der Waals surface area contributed by atoms with Crippen molar-refractivity contribution in [2.24, 2.45) is 5.73 Å². The average Bonchev–Trinajstić information content (AvgIpc) is 3.05. The average molecular weight is 259 g/mol. The third-order valence-electron chi connectivity index (χ3n) is 3.50. The van der Waals surface area contributed by atoms with Crippen molar-refractivity contribution < 1.29 is 4.74 Å². The number of benzene rings is 1. The summed E-state index contributed by atoms with van der Waals surface area (Å²) in [5.41, 5.74) is 11.5. The molecule has 0 amide bonds. The van der Waals surface area contributed by atoms with Gasteiger partial charge in [0, 0.05) is 6.04 Å². The first kappa shape index (κ1) is 11.9. The molecule has 0 saturated heterocycles. The summed E-state index contributed by atoms with van der Waals surface area (Å²) >= 11 is 1.75. The molecule has 3 rings (SSSR count). The zero-order chi connectivity index (χ0) is 12.4. The van der Waals surface area contributed by atoms with Gasteiger partial charge < -0.3 is 10.5 Å². The van der Waals surface area contributed by atoms with Crippen molar-refractivity contribution in [2.75, 3.05) is 0 Å². The van der Waals surface area contributed by atoms with Crippen LogP contribution in [0.15, 0.2) is 35.0 Å². The highest BCUT2D eigenvalue weighted by Crippen LogP contribution is 2.25. The van der Waals surface area contributed by atoms with E-state index in [0.717, 1.165) is 26.1 Å². The predicted octanol–water partition coefficient (Wildman–Crippen LogP) is 3.41. The van der Waals surface area contributed by atoms with Gasteiger partial charge in [-0.05, 0) is 51.9 Å². The van der Waals surface area contributed by atoms with Crippen molar-refractivity contribution in [3.8, 4) is 0 Å². The van der Waals surface area contributed by atoms with E-state index in [4.69, 9.17) is 10.5 Å². The number of nitrogens with two attached hydrogens (primary N) is 1. The summed E-state index contributed by atoms with van der Waals surface area (Å²) in [4.78, 5) is 0. The summed E-state index contributed by atoms with van der Waals surface area (Å²) in [5.74, 6) is 0. The zero-order valence-corrected chi connectivity index (χ0v) is 11.1. The van der Waals surface area contributed by atoms with Crippen LogP contribution in [0.4, 0.5) is 0 Å². The molecule has 1 aromatic carbocycles. The molecule has 3 heteroatoms. The van der Waals surface area contributed by atoms with Crippen molar-refractivity contribution in [1.82, 2.24) is 0 Å². The molecule has 2 aromatic rings. The summed E-state index contributed by atoms with van der Waals surface area (Å²) in [6.07, 6.45) is 2.05. The largest absolute Gasteiger partial charge is 0.372 e. The SMILES string of the molecule is NC(CCc1ccsc1)c1ccc2c(c1)COC2. The highest BCUT2D eigenvalue weighted by atomic mass is 32.1. The lowest BCUT2D eigenvalue weighted by molar-refractivity contribution is 0.134. The molecule has 1 aliphatic rings. The van der Waals surface area contributed by atoms with E-state index in [1.807, 2.05) is 0 Å². The van der Waals surface area contributed by atoms with Crippen molar-refractivity contribution in [2.45, 2.75) is 32.1 Å². The zero-order valence-electron chi connectivity index (χ0n) is 10.3. The van der Waals surface area contributed by atoms with Crippen LogP contribution in [0.3, 0.4) is 0 Å². The van der Waals surface area contributed by atoms with Gasteiger partial charge in [-0.15, -0.1) is 0 Å². The number of aryl methyl sites for hydroxylation is 1. The second-order valence-corrected chi connectivity index (χ2v) is 5.58. The minimum absolute atomic E-state index is 0.121. The summed E-state index contributed by atoms with van der Waals surface area (Å²) in [5, 5.41) is 4.32. The Hall–Kier alpha value is -1.16. The monoisotopic (exact) mass is 259 g/mol. The van der Waals surface area contributed by atoms with E-state index < -0.39 is 0 Å². The van der Waals surface area contributed by atoms with Crippen LogP contribution in [0.5, 0.6) is 0 Å². The maximum Gasteiger partial charge on any atom is 0.0725 e. The Labute approximate surface area is 111 Å². The van der Waals surface area contributed by atoms with Gasteiger partial charge in [0.25, 0.3) is 0 Å². The lowest BCUT2D eigenvalue weighted by Crippen LogP contribution is -2.11. The fourth-order valence-electron chi connectivity index (χ4n) is 2.35. The van der Waals surface area contributed by atoms with Crippen LogP contribution in [0.2, 0.25) is 0 Å². The normalized spacial score (nSPS) is 15.6. The summed E-state index contributed by atoms with van der Waals surface area (Å²) < 4.78 is 5.43. The number of thiophene rings is 1. The van der Waals surface area contributed by atoms with E-state index in [1.54, 1.807) is 11.3 Å². The van der Waals surface area contributed by atoms with Gasteiger partial charge in [-0.25, -0.2) is 0 Å². The van der Waals surface area contributed by atoms with E-state index in [9.17, 15) is 0 Å². The molecule has 1 unspecified atom stereocenters. The molecule has 94 valence electrons. The third kappa shape index (κ3) is 2.48.